The maximum absolute atomic E-state index is 13.9. The highest BCUT2D eigenvalue weighted by Crippen LogP contribution is 2.34. The molecule has 0 aromatic heterocycles. The van der Waals surface area contributed by atoms with Gasteiger partial charge in [-0.25, -0.2) is 4.39 Å². The molecular weight excluding hydrogens is 253 g/mol. The first kappa shape index (κ1) is 12.7. The minimum absolute atomic E-state index is 0.109. The van der Waals surface area contributed by atoms with Crippen LogP contribution in [0.25, 0.3) is 0 Å². The van der Waals surface area contributed by atoms with E-state index in [1.54, 1.807) is 6.07 Å². The first-order chi connectivity index (χ1) is 9.78. The van der Waals surface area contributed by atoms with Gasteiger partial charge < -0.3 is 4.74 Å². The van der Waals surface area contributed by atoms with Crippen LogP contribution in [0.3, 0.4) is 0 Å². The second-order valence-electron chi connectivity index (χ2n) is 4.95. The molecule has 0 spiro atoms. The van der Waals surface area contributed by atoms with Crippen LogP contribution < -0.4 is 4.74 Å². The Morgan fingerprint density at radius 3 is 2.85 bits per heavy atom. The van der Waals surface area contributed by atoms with Crippen LogP contribution in [-0.4, -0.2) is 0 Å². The van der Waals surface area contributed by atoms with Crippen LogP contribution in [0.4, 0.5) is 4.39 Å². The van der Waals surface area contributed by atoms with E-state index >= 15 is 0 Å². The topological polar surface area (TPSA) is 33.0 Å². The highest BCUT2D eigenvalue weighted by atomic mass is 19.1. The minimum atomic E-state index is -0.480. The minimum Gasteiger partial charge on any atom is -0.483 e. The average molecular weight is 267 g/mol. The van der Waals surface area contributed by atoms with Gasteiger partial charge in [-0.2, -0.15) is 5.26 Å². The second kappa shape index (κ2) is 5.34. The first-order valence-electron chi connectivity index (χ1n) is 6.72. The molecule has 0 aliphatic heterocycles. The molecule has 1 aliphatic rings. The molecular formula is C17H14FNO. The maximum Gasteiger partial charge on any atom is 0.166 e. The lowest BCUT2D eigenvalue weighted by Crippen LogP contribution is -2.15. The zero-order valence-corrected chi connectivity index (χ0v) is 11.0. The Bertz CT molecular complexity index is 675. The van der Waals surface area contributed by atoms with Crippen LogP contribution in [0.5, 0.6) is 5.75 Å². The number of hydrogen-bond donors (Lipinski definition) is 0. The molecule has 100 valence electrons. The molecule has 1 unspecified atom stereocenters. The molecule has 0 fully saturated rings. The van der Waals surface area contributed by atoms with Crippen molar-refractivity contribution in [1.82, 2.24) is 0 Å². The first-order valence-corrected chi connectivity index (χ1v) is 6.72. The Kier molecular flexibility index (Phi) is 3.39. The smallest absolute Gasteiger partial charge is 0.166 e. The number of halogens is 1. The fourth-order valence-electron chi connectivity index (χ4n) is 2.65. The number of aryl methyl sites for hydroxylation is 1. The zero-order valence-electron chi connectivity index (χ0n) is 11.0. The molecule has 0 saturated carbocycles. The van der Waals surface area contributed by atoms with Crippen LogP contribution in [0.2, 0.25) is 0 Å². The fourth-order valence-corrected chi connectivity index (χ4v) is 2.65. The number of benzene rings is 2. The third-order valence-electron chi connectivity index (χ3n) is 3.64. The van der Waals surface area contributed by atoms with Gasteiger partial charge in [0, 0.05) is 0 Å². The van der Waals surface area contributed by atoms with Gasteiger partial charge in [0.1, 0.15) is 6.10 Å². The van der Waals surface area contributed by atoms with Gasteiger partial charge in [0.25, 0.3) is 0 Å². The lowest BCUT2D eigenvalue weighted by atomic mass is 9.89. The summed E-state index contributed by atoms with van der Waals surface area (Å²) < 4.78 is 19.7. The maximum atomic E-state index is 13.9. The molecule has 2 aromatic carbocycles. The number of ether oxygens (including phenoxy) is 1. The molecule has 2 nitrogen and oxygen atoms in total. The number of nitriles is 1. The third kappa shape index (κ3) is 2.37. The van der Waals surface area contributed by atoms with Crippen LogP contribution in [0.1, 0.15) is 35.6 Å². The monoisotopic (exact) mass is 267 g/mol. The van der Waals surface area contributed by atoms with Gasteiger partial charge in [-0.15, -0.1) is 0 Å². The van der Waals surface area contributed by atoms with E-state index in [9.17, 15) is 4.39 Å². The molecule has 0 amide bonds. The molecule has 0 saturated heterocycles. The number of nitrogens with zero attached hydrogens (tertiary/aromatic N) is 1. The van der Waals surface area contributed by atoms with Gasteiger partial charge in [0.05, 0.1) is 11.6 Å². The van der Waals surface area contributed by atoms with E-state index < -0.39 is 5.82 Å². The quantitative estimate of drug-likeness (QED) is 0.818. The third-order valence-corrected chi connectivity index (χ3v) is 3.64. The highest BCUT2D eigenvalue weighted by molar-refractivity contribution is 5.37. The average Bonchev–Trinajstić information content (AvgIpc) is 2.49. The largest absolute Gasteiger partial charge is 0.483 e. The van der Waals surface area contributed by atoms with Gasteiger partial charge in [-0.3, -0.25) is 0 Å². The fraction of sp³-hybridized carbons (Fsp3) is 0.235. The molecule has 0 N–H and O–H groups in total. The molecule has 3 heteroatoms. The SMILES string of the molecule is N#Cc1ccc(OC2CCCc3ccccc32)c(F)c1. The van der Waals surface area contributed by atoms with Crippen molar-refractivity contribution in [1.29, 1.82) is 5.26 Å². The van der Waals surface area contributed by atoms with Gasteiger partial charge in [0.15, 0.2) is 11.6 Å². The number of hydrogen-bond acceptors (Lipinski definition) is 2. The Morgan fingerprint density at radius 1 is 1.20 bits per heavy atom. The standard InChI is InChI=1S/C17H14FNO/c18-15-10-12(11-19)8-9-17(15)20-16-7-3-5-13-4-1-2-6-14(13)16/h1-2,4,6,8-10,16H,3,5,7H2. The van der Waals surface area contributed by atoms with Gasteiger partial charge in [-0.05, 0) is 48.6 Å². The summed E-state index contributed by atoms with van der Waals surface area (Å²) in [4.78, 5) is 0. The summed E-state index contributed by atoms with van der Waals surface area (Å²) in [5, 5.41) is 8.75. The van der Waals surface area contributed by atoms with Crippen molar-refractivity contribution in [3.05, 3.63) is 65.0 Å². The van der Waals surface area contributed by atoms with E-state index in [0.717, 1.165) is 24.8 Å². The summed E-state index contributed by atoms with van der Waals surface area (Å²) >= 11 is 0. The molecule has 0 heterocycles. The summed E-state index contributed by atoms with van der Waals surface area (Å²) in [7, 11) is 0. The van der Waals surface area contributed by atoms with Crippen LogP contribution in [0.15, 0.2) is 42.5 Å². The molecule has 2 aromatic rings. The van der Waals surface area contributed by atoms with E-state index in [0.29, 0.717) is 5.56 Å². The van der Waals surface area contributed by atoms with E-state index in [1.807, 2.05) is 24.3 Å². The zero-order chi connectivity index (χ0) is 13.9. The molecule has 20 heavy (non-hydrogen) atoms. The van der Waals surface area contributed by atoms with Crippen molar-refractivity contribution < 1.29 is 9.13 Å². The predicted molar refractivity (Wildman–Crippen MR) is 73.9 cm³/mol. The van der Waals surface area contributed by atoms with E-state index in [2.05, 4.69) is 6.07 Å². The van der Waals surface area contributed by atoms with Crippen molar-refractivity contribution in [3.63, 3.8) is 0 Å². The van der Waals surface area contributed by atoms with Crippen molar-refractivity contribution in [3.8, 4) is 11.8 Å². The number of rotatable bonds is 2. The Labute approximate surface area is 117 Å². The second-order valence-corrected chi connectivity index (χ2v) is 4.95. The van der Waals surface area contributed by atoms with Gasteiger partial charge in [0.2, 0.25) is 0 Å². The van der Waals surface area contributed by atoms with Gasteiger partial charge >= 0.3 is 0 Å². The number of fused-ring (bicyclic) bond motifs is 1. The van der Waals surface area contributed by atoms with E-state index in [-0.39, 0.29) is 11.9 Å². The molecule has 0 bridgehead atoms. The summed E-state index contributed by atoms with van der Waals surface area (Å²) in [5.41, 5.74) is 2.72. The van der Waals surface area contributed by atoms with E-state index in [4.69, 9.17) is 10.00 Å². The van der Waals surface area contributed by atoms with E-state index in [1.165, 1.54) is 17.7 Å². The summed E-state index contributed by atoms with van der Waals surface area (Å²) in [6.07, 6.45) is 2.87. The molecule has 0 radical (unpaired) electrons. The summed E-state index contributed by atoms with van der Waals surface area (Å²) in [5.74, 6) is -0.266. The van der Waals surface area contributed by atoms with Crippen molar-refractivity contribution >= 4 is 0 Å². The molecule has 1 aliphatic carbocycles. The summed E-state index contributed by atoms with van der Waals surface area (Å²) in [6.45, 7) is 0. The molecule has 3 rings (SSSR count). The lowest BCUT2D eigenvalue weighted by molar-refractivity contribution is 0.175. The van der Waals surface area contributed by atoms with Crippen LogP contribution >= 0.6 is 0 Å². The van der Waals surface area contributed by atoms with Crippen molar-refractivity contribution in [2.24, 2.45) is 0 Å². The normalized spacial score (nSPS) is 17.1. The van der Waals surface area contributed by atoms with Crippen LogP contribution in [-0.2, 0) is 6.42 Å². The van der Waals surface area contributed by atoms with Crippen molar-refractivity contribution in [2.45, 2.75) is 25.4 Å². The van der Waals surface area contributed by atoms with Crippen molar-refractivity contribution in [2.75, 3.05) is 0 Å². The van der Waals surface area contributed by atoms with Gasteiger partial charge in [-0.1, -0.05) is 24.3 Å². The Morgan fingerprint density at radius 2 is 2.05 bits per heavy atom. The lowest BCUT2D eigenvalue weighted by Gasteiger charge is -2.26. The molecule has 1 atom stereocenters. The predicted octanol–water partition coefficient (Wildman–Crippen LogP) is 4.15. The Balaban J connectivity index is 1.88. The summed E-state index contributed by atoms with van der Waals surface area (Å²) in [6, 6.07) is 14.4. The highest BCUT2D eigenvalue weighted by Gasteiger charge is 2.22. The Hall–Kier alpha value is -2.34. The van der Waals surface area contributed by atoms with Crippen LogP contribution in [0, 0.1) is 17.1 Å².